The van der Waals surface area contributed by atoms with E-state index in [0.29, 0.717) is 10.7 Å². The van der Waals surface area contributed by atoms with Gasteiger partial charge < -0.3 is 11.1 Å². The number of benzene rings is 2. The zero-order valence-electron chi connectivity index (χ0n) is 8.68. The fourth-order valence-electron chi connectivity index (χ4n) is 1.37. The van der Waals surface area contributed by atoms with Crippen LogP contribution in [0.1, 0.15) is 0 Å². The predicted molar refractivity (Wildman–Crippen MR) is 81.0 cm³/mol. The van der Waals surface area contributed by atoms with E-state index in [2.05, 4.69) is 37.2 Å². The molecule has 2 aromatic carbocycles. The van der Waals surface area contributed by atoms with Gasteiger partial charge in [-0.1, -0.05) is 27.5 Å². The van der Waals surface area contributed by atoms with Crippen LogP contribution in [0.2, 0.25) is 5.02 Å². The van der Waals surface area contributed by atoms with Crippen molar-refractivity contribution >= 4 is 60.5 Å². The van der Waals surface area contributed by atoms with Gasteiger partial charge in [-0.25, -0.2) is 0 Å². The van der Waals surface area contributed by atoms with Crippen molar-refractivity contribution in [3.05, 3.63) is 50.4 Å². The number of halogens is 3. The fraction of sp³-hybridized carbons (Fsp3) is 0. The molecule has 0 unspecified atom stereocenters. The van der Waals surface area contributed by atoms with Crippen LogP contribution in [0.5, 0.6) is 0 Å². The third kappa shape index (κ3) is 3.15. The first-order valence-electron chi connectivity index (χ1n) is 4.83. The second kappa shape index (κ2) is 5.29. The molecule has 0 atom stereocenters. The lowest BCUT2D eigenvalue weighted by molar-refractivity contribution is 1.51. The van der Waals surface area contributed by atoms with E-state index in [-0.39, 0.29) is 0 Å². The van der Waals surface area contributed by atoms with Crippen LogP contribution < -0.4 is 11.1 Å². The van der Waals surface area contributed by atoms with Crippen LogP contribution in [0.4, 0.5) is 17.1 Å². The van der Waals surface area contributed by atoms with Gasteiger partial charge in [-0.3, -0.25) is 0 Å². The molecule has 5 heteroatoms. The minimum Gasteiger partial charge on any atom is -0.399 e. The molecule has 0 saturated heterocycles. The Bertz CT molecular complexity index is 509. The number of nitrogens with two attached hydrogens (primary N) is 1. The molecule has 0 aliphatic carbocycles. The molecule has 0 spiro atoms. The number of anilines is 3. The van der Waals surface area contributed by atoms with Gasteiger partial charge in [-0.15, -0.1) is 0 Å². The normalized spacial score (nSPS) is 10.3. The summed E-state index contributed by atoms with van der Waals surface area (Å²) in [6.45, 7) is 0. The van der Waals surface area contributed by atoms with E-state index in [9.17, 15) is 0 Å². The summed E-state index contributed by atoms with van der Waals surface area (Å²) >= 11 is 12.9. The molecular weight excluding hydrogens is 367 g/mol. The van der Waals surface area contributed by atoms with Crippen molar-refractivity contribution < 1.29 is 0 Å². The highest BCUT2D eigenvalue weighted by atomic mass is 79.9. The van der Waals surface area contributed by atoms with E-state index in [1.54, 1.807) is 0 Å². The zero-order chi connectivity index (χ0) is 12.4. The molecule has 0 aliphatic heterocycles. The molecule has 0 aromatic heterocycles. The number of nitrogens with one attached hydrogen (secondary N) is 1. The molecule has 0 amide bonds. The van der Waals surface area contributed by atoms with Gasteiger partial charge >= 0.3 is 0 Å². The van der Waals surface area contributed by atoms with Crippen LogP contribution >= 0.6 is 43.5 Å². The Morgan fingerprint density at radius 1 is 1.00 bits per heavy atom. The molecule has 0 saturated carbocycles. The number of nitrogen functional groups attached to an aromatic ring is 1. The first-order chi connectivity index (χ1) is 8.06. The summed E-state index contributed by atoms with van der Waals surface area (Å²) in [5.41, 5.74) is 8.16. The summed E-state index contributed by atoms with van der Waals surface area (Å²) in [6.07, 6.45) is 0. The Balaban J connectivity index is 2.31. The van der Waals surface area contributed by atoms with Gasteiger partial charge in [0, 0.05) is 14.6 Å². The Labute approximate surface area is 121 Å². The quantitative estimate of drug-likeness (QED) is 0.708. The van der Waals surface area contributed by atoms with Crippen molar-refractivity contribution in [2.24, 2.45) is 0 Å². The molecule has 0 aliphatic rings. The Morgan fingerprint density at radius 2 is 1.71 bits per heavy atom. The van der Waals surface area contributed by atoms with Crippen LogP contribution in [-0.4, -0.2) is 0 Å². The molecule has 2 rings (SSSR count). The van der Waals surface area contributed by atoms with E-state index in [1.165, 1.54) is 0 Å². The standard InChI is InChI=1S/C12H9Br2ClN2/c13-7-1-3-12(10(15)5-7)17-11-4-2-8(16)6-9(11)14/h1-6,17H,16H2. The van der Waals surface area contributed by atoms with Crippen molar-refractivity contribution in [2.45, 2.75) is 0 Å². The first-order valence-corrected chi connectivity index (χ1v) is 6.80. The Kier molecular flexibility index (Phi) is 3.97. The molecular formula is C12H9Br2ClN2. The molecule has 17 heavy (non-hydrogen) atoms. The van der Waals surface area contributed by atoms with Gasteiger partial charge in [0.15, 0.2) is 0 Å². The fourth-order valence-corrected chi connectivity index (χ4v) is 2.58. The molecule has 2 aromatic rings. The maximum atomic E-state index is 6.13. The topological polar surface area (TPSA) is 38.0 Å². The SMILES string of the molecule is Nc1ccc(Nc2ccc(Br)cc2Cl)c(Br)c1. The van der Waals surface area contributed by atoms with Gasteiger partial charge in [0.05, 0.1) is 16.4 Å². The minimum absolute atomic E-state index is 0.656. The van der Waals surface area contributed by atoms with E-state index >= 15 is 0 Å². The second-order valence-electron chi connectivity index (χ2n) is 3.49. The third-order valence-corrected chi connectivity index (χ3v) is 3.66. The lowest BCUT2D eigenvalue weighted by atomic mass is 10.2. The van der Waals surface area contributed by atoms with Crippen molar-refractivity contribution in [1.82, 2.24) is 0 Å². The minimum atomic E-state index is 0.656. The van der Waals surface area contributed by atoms with E-state index in [0.717, 1.165) is 20.3 Å². The van der Waals surface area contributed by atoms with Crippen LogP contribution in [0, 0.1) is 0 Å². The Morgan fingerprint density at radius 3 is 2.35 bits per heavy atom. The molecule has 0 heterocycles. The molecule has 2 nitrogen and oxygen atoms in total. The van der Waals surface area contributed by atoms with Crippen LogP contribution in [0.3, 0.4) is 0 Å². The summed E-state index contributed by atoms with van der Waals surface area (Å²) in [7, 11) is 0. The Hall–Kier alpha value is -0.710. The van der Waals surface area contributed by atoms with E-state index < -0.39 is 0 Å². The van der Waals surface area contributed by atoms with Gasteiger partial charge in [0.25, 0.3) is 0 Å². The molecule has 88 valence electrons. The highest BCUT2D eigenvalue weighted by molar-refractivity contribution is 9.10. The van der Waals surface area contributed by atoms with E-state index in [1.807, 2.05) is 36.4 Å². The summed E-state index contributed by atoms with van der Waals surface area (Å²) in [4.78, 5) is 0. The highest BCUT2D eigenvalue weighted by Gasteiger charge is 2.04. The lowest BCUT2D eigenvalue weighted by Gasteiger charge is -2.11. The monoisotopic (exact) mass is 374 g/mol. The molecule has 0 radical (unpaired) electrons. The van der Waals surface area contributed by atoms with Crippen molar-refractivity contribution in [1.29, 1.82) is 0 Å². The first kappa shape index (κ1) is 12.7. The van der Waals surface area contributed by atoms with Crippen LogP contribution in [0.15, 0.2) is 45.3 Å². The van der Waals surface area contributed by atoms with Crippen LogP contribution in [0.25, 0.3) is 0 Å². The summed E-state index contributed by atoms with van der Waals surface area (Å²) in [5, 5.41) is 3.90. The summed E-state index contributed by atoms with van der Waals surface area (Å²) in [5.74, 6) is 0. The van der Waals surface area contributed by atoms with Crippen LogP contribution in [-0.2, 0) is 0 Å². The summed E-state index contributed by atoms with van der Waals surface area (Å²) < 4.78 is 1.85. The average Bonchev–Trinajstić information content (AvgIpc) is 2.25. The maximum absolute atomic E-state index is 6.13. The second-order valence-corrected chi connectivity index (χ2v) is 5.67. The van der Waals surface area contributed by atoms with Crippen molar-refractivity contribution in [2.75, 3.05) is 11.1 Å². The highest BCUT2D eigenvalue weighted by Crippen LogP contribution is 2.32. The van der Waals surface area contributed by atoms with E-state index in [4.69, 9.17) is 17.3 Å². The van der Waals surface area contributed by atoms with Gasteiger partial charge in [-0.2, -0.15) is 0 Å². The average molecular weight is 376 g/mol. The lowest BCUT2D eigenvalue weighted by Crippen LogP contribution is -1.93. The number of hydrogen-bond donors (Lipinski definition) is 2. The largest absolute Gasteiger partial charge is 0.399 e. The third-order valence-electron chi connectivity index (χ3n) is 2.19. The van der Waals surface area contributed by atoms with Gasteiger partial charge in [0.2, 0.25) is 0 Å². The zero-order valence-corrected chi connectivity index (χ0v) is 12.6. The van der Waals surface area contributed by atoms with Gasteiger partial charge in [-0.05, 0) is 52.3 Å². The maximum Gasteiger partial charge on any atom is 0.0652 e. The van der Waals surface area contributed by atoms with Gasteiger partial charge in [0.1, 0.15) is 0 Å². The van der Waals surface area contributed by atoms with Crippen molar-refractivity contribution in [3.8, 4) is 0 Å². The predicted octanol–water partition coefficient (Wildman–Crippen LogP) is 5.19. The number of rotatable bonds is 2. The summed E-state index contributed by atoms with van der Waals surface area (Å²) in [6, 6.07) is 11.3. The number of hydrogen-bond acceptors (Lipinski definition) is 2. The van der Waals surface area contributed by atoms with Crippen molar-refractivity contribution in [3.63, 3.8) is 0 Å². The molecule has 0 fully saturated rings. The molecule has 0 bridgehead atoms. The molecule has 3 N–H and O–H groups in total. The smallest absolute Gasteiger partial charge is 0.0652 e.